The van der Waals surface area contributed by atoms with E-state index in [-0.39, 0.29) is 5.75 Å². The Balaban J connectivity index is 2.07. The van der Waals surface area contributed by atoms with Crippen molar-refractivity contribution >= 4 is 66.2 Å². The molecule has 0 spiro atoms. The molecule has 9 heteroatoms. The molecule has 0 aliphatic rings. The van der Waals surface area contributed by atoms with E-state index in [4.69, 9.17) is 12.2 Å². The summed E-state index contributed by atoms with van der Waals surface area (Å²) in [6, 6.07) is 9.67. The number of nitrogens with one attached hydrogen (secondary N) is 1. The first kappa shape index (κ1) is 18.5. The Morgan fingerprint density at radius 3 is 2.56 bits per heavy atom. The van der Waals surface area contributed by atoms with Gasteiger partial charge in [0, 0.05) is 15.6 Å². The number of rotatable bonds is 3. The Bertz CT molecular complexity index is 1030. The standard InChI is InChI=1S/C16H11Br3N4OS/c1-8-2-4-9(5-3-8)15-21-22-16(25)23(15)20-7-10-11(17)6-12(18)14(24)13(10)19/h2-7,24H,1H3,(H,22,25)/b20-7+. The zero-order valence-electron chi connectivity index (χ0n) is 12.8. The highest BCUT2D eigenvalue weighted by atomic mass is 79.9. The second-order valence-corrected chi connectivity index (χ2v) is 8.08. The van der Waals surface area contributed by atoms with Gasteiger partial charge >= 0.3 is 0 Å². The predicted molar refractivity (Wildman–Crippen MR) is 112 cm³/mol. The summed E-state index contributed by atoms with van der Waals surface area (Å²) in [5.41, 5.74) is 2.73. The zero-order chi connectivity index (χ0) is 18.1. The summed E-state index contributed by atoms with van der Waals surface area (Å²) in [4.78, 5) is 0. The van der Waals surface area contributed by atoms with E-state index in [1.165, 1.54) is 4.68 Å². The van der Waals surface area contributed by atoms with E-state index in [1.807, 2.05) is 31.2 Å². The van der Waals surface area contributed by atoms with E-state index in [1.54, 1.807) is 12.3 Å². The SMILES string of the molecule is Cc1ccc(-c2n[nH]c(=S)n2/N=C/c2c(Br)cc(Br)c(O)c2Br)cc1. The highest BCUT2D eigenvalue weighted by Crippen LogP contribution is 2.38. The van der Waals surface area contributed by atoms with Crippen LogP contribution in [0, 0.1) is 11.7 Å². The molecule has 0 aliphatic heterocycles. The van der Waals surface area contributed by atoms with E-state index < -0.39 is 0 Å². The number of nitrogens with zero attached hydrogens (tertiary/aromatic N) is 3. The number of hydrogen-bond donors (Lipinski definition) is 2. The Hall–Kier alpha value is -1.29. The van der Waals surface area contributed by atoms with Crippen LogP contribution in [0.25, 0.3) is 11.4 Å². The number of benzene rings is 2. The Labute approximate surface area is 174 Å². The number of aromatic hydroxyl groups is 1. The van der Waals surface area contributed by atoms with Gasteiger partial charge in [0.25, 0.3) is 0 Å². The van der Waals surface area contributed by atoms with Gasteiger partial charge in [0.15, 0.2) is 5.82 Å². The first-order valence-electron chi connectivity index (χ1n) is 7.03. The van der Waals surface area contributed by atoms with Crippen LogP contribution < -0.4 is 0 Å². The molecule has 2 aromatic carbocycles. The molecule has 128 valence electrons. The molecule has 0 radical (unpaired) electrons. The van der Waals surface area contributed by atoms with E-state index in [9.17, 15) is 5.11 Å². The first-order valence-corrected chi connectivity index (χ1v) is 9.82. The van der Waals surface area contributed by atoms with Crippen molar-refractivity contribution < 1.29 is 5.11 Å². The highest BCUT2D eigenvalue weighted by Gasteiger charge is 2.13. The molecular weight excluding hydrogens is 536 g/mol. The molecule has 3 rings (SSSR count). The molecule has 0 saturated carbocycles. The minimum absolute atomic E-state index is 0.0965. The smallest absolute Gasteiger partial charge is 0.216 e. The van der Waals surface area contributed by atoms with Gasteiger partial charge in [0.05, 0.1) is 15.2 Å². The van der Waals surface area contributed by atoms with Crippen LogP contribution in [0.1, 0.15) is 11.1 Å². The third-order valence-electron chi connectivity index (χ3n) is 3.44. The maximum atomic E-state index is 10.1. The van der Waals surface area contributed by atoms with Gasteiger partial charge in [-0.25, -0.2) is 5.10 Å². The van der Waals surface area contributed by atoms with Gasteiger partial charge in [0.1, 0.15) is 5.75 Å². The summed E-state index contributed by atoms with van der Waals surface area (Å²) in [6.45, 7) is 2.02. The molecule has 0 atom stereocenters. The Morgan fingerprint density at radius 2 is 1.88 bits per heavy atom. The summed E-state index contributed by atoms with van der Waals surface area (Å²) >= 11 is 15.4. The van der Waals surface area contributed by atoms with Gasteiger partial charge in [-0.2, -0.15) is 14.9 Å². The second-order valence-electron chi connectivity index (χ2n) is 5.19. The molecule has 0 saturated heterocycles. The average molecular weight is 547 g/mol. The molecule has 0 unspecified atom stereocenters. The third kappa shape index (κ3) is 3.79. The maximum Gasteiger partial charge on any atom is 0.216 e. The fourth-order valence-electron chi connectivity index (χ4n) is 2.12. The summed E-state index contributed by atoms with van der Waals surface area (Å²) in [5, 5.41) is 21.5. The molecule has 1 heterocycles. The summed E-state index contributed by atoms with van der Waals surface area (Å²) in [7, 11) is 0. The largest absolute Gasteiger partial charge is 0.506 e. The normalized spacial score (nSPS) is 11.4. The number of halogens is 3. The fourth-order valence-corrected chi connectivity index (χ4v) is 4.62. The van der Waals surface area contributed by atoms with Crippen molar-refractivity contribution in [3.05, 3.63) is 59.6 Å². The van der Waals surface area contributed by atoms with Gasteiger partial charge in [-0.05, 0) is 57.1 Å². The lowest BCUT2D eigenvalue weighted by Gasteiger charge is -2.07. The molecule has 0 fully saturated rings. The molecule has 25 heavy (non-hydrogen) atoms. The minimum atomic E-state index is 0.0965. The topological polar surface area (TPSA) is 66.2 Å². The highest BCUT2D eigenvalue weighted by molar-refractivity contribution is 9.11. The van der Waals surface area contributed by atoms with Crippen molar-refractivity contribution in [3.63, 3.8) is 0 Å². The number of aromatic amines is 1. The van der Waals surface area contributed by atoms with Crippen LogP contribution in [0.3, 0.4) is 0 Å². The number of phenolic OH excluding ortho intramolecular Hbond substituents is 1. The molecule has 0 bridgehead atoms. The van der Waals surface area contributed by atoms with E-state index in [0.29, 0.717) is 25.1 Å². The molecule has 0 amide bonds. The lowest BCUT2D eigenvalue weighted by molar-refractivity contribution is 0.468. The second kappa shape index (κ2) is 7.53. The molecular formula is C16H11Br3N4OS. The number of hydrogen-bond acceptors (Lipinski definition) is 4. The van der Waals surface area contributed by atoms with Gasteiger partial charge in [-0.3, -0.25) is 0 Å². The van der Waals surface area contributed by atoms with Crippen LogP contribution in [0.5, 0.6) is 5.75 Å². The van der Waals surface area contributed by atoms with Gasteiger partial charge in [0.2, 0.25) is 4.77 Å². The van der Waals surface area contributed by atoms with Crippen LogP contribution in [-0.4, -0.2) is 26.2 Å². The van der Waals surface area contributed by atoms with E-state index in [0.717, 1.165) is 15.6 Å². The summed E-state index contributed by atoms with van der Waals surface area (Å²) in [6.07, 6.45) is 1.60. The summed E-state index contributed by atoms with van der Waals surface area (Å²) < 4.78 is 3.77. The van der Waals surface area contributed by atoms with Crippen molar-refractivity contribution in [3.8, 4) is 17.1 Å². The molecule has 0 aliphatic carbocycles. The van der Waals surface area contributed by atoms with Gasteiger partial charge < -0.3 is 5.11 Å². The van der Waals surface area contributed by atoms with Crippen LogP contribution in [0.2, 0.25) is 0 Å². The van der Waals surface area contributed by atoms with Crippen LogP contribution in [0.4, 0.5) is 0 Å². The van der Waals surface area contributed by atoms with Crippen LogP contribution in [-0.2, 0) is 0 Å². The van der Waals surface area contributed by atoms with Crippen LogP contribution >= 0.6 is 60.0 Å². The lowest BCUT2D eigenvalue weighted by atomic mass is 10.1. The predicted octanol–water partition coefficient (Wildman–Crippen LogP) is 5.79. The monoisotopic (exact) mass is 544 g/mol. The van der Waals surface area contributed by atoms with Gasteiger partial charge in [-0.1, -0.05) is 45.8 Å². The molecule has 3 aromatic rings. The third-order valence-corrected chi connectivity index (χ3v) is 5.77. The minimum Gasteiger partial charge on any atom is -0.506 e. The van der Waals surface area contributed by atoms with Crippen molar-refractivity contribution in [2.45, 2.75) is 6.92 Å². The summed E-state index contributed by atoms with van der Waals surface area (Å²) in [5.74, 6) is 0.703. The van der Waals surface area contributed by atoms with Crippen molar-refractivity contribution in [2.24, 2.45) is 5.10 Å². The number of phenols is 1. The Morgan fingerprint density at radius 1 is 1.20 bits per heavy atom. The Kier molecular flexibility index (Phi) is 5.57. The van der Waals surface area contributed by atoms with E-state index in [2.05, 4.69) is 63.1 Å². The van der Waals surface area contributed by atoms with Crippen molar-refractivity contribution in [1.29, 1.82) is 0 Å². The van der Waals surface area contributed by atoms with E-state index >= 15 is 0 Å². The molecule has 5 nitrogen and oxygen atoms in total. The maximum absolute atomic E-state index is 10.1. The molecule has 1 aromatic heterocycles. The fraction of sp³-hybridized carbons (Fsp3) is 0.0625. The van der Waals surface area contributed by atoms with Crippen molar-refractivity contribution in [2.75, 3.05) is 0 Å². The van der Waals surface area contributed by atoms with Crippen LogP contribution in [0.15, 0.2) is 48.9 Å². The number of aromatic nitrogens is 3. The first-order chi connectivity index (χ1) is 11.9. The van der Waals surface area contributed by atoms with Gasteiger partial charge in [-0.15, -0.1) is 0 Å². The lowest BCUT2D eigenvalue weighted by Crippen LogP contribution is -1.96. The number of aryl methyl sites for hydroxylation is 1. The average Bonchev–Trinajstić information content (AvgIpc) is 2.94. The number of H-pyrrole nitrogens is 1. The van der Waals surface area contributed by atoms with Crippen molar-refractivity contribution in [1.82, 2.24) is 14.9 Å². The zero-order valence-corrected chi connectivity index (χ0v) is 18.4. The quantitative estimate of drug-likeness (QED) is 0.323. The molecule has 2 N–H and O–H groups in total.